The second kappa shape index (κ2) is 5.58. The molecule has 6 heteroatoms. The number of fused-ring (bicyclic) bond motifs is 1. The van der Waals surface area contributed by atoms with Gasteiger partial charge in [0.1, 0.15) is 6.54 Å². The predicted octanol–water partition coefficient (Wildman–Crippen LogP) is 1.12. The van der Waals surface area contributed by atoms with E-state index in [0.29, 0.717) is 16.9 Å². The van der Waals surface area contributed by atoms with Gasteiger partial charge < -0.3 is 5.32 Å². The van der Waals surface area contributed by atoms with Gasteiger partial charge >= 0.3 is 5.69 Å². The molecule has 0 aliphatic carbocycles. The highest BCUT2D eigenvalue weighted by atomic mass is 16.2. The van der Waals surface area contributed by atoms with Crippen molar-refractivity contribution >= 4 is 17.2 Å². The molecule has 0 spiro atoms. The number of nitrogens with zero attached hydrogens (tertiary/aromatic N) is 3. The number of anilines is 1. The van der Waals surface area contributed by atoms with Crippen molar-refractivity contribution in [3.05, 3.63) is 64.7 Å². The summed E-state index contributed by atoms with van der Waals surface area (Å²) in [4.78, 5) is 24.1. The van der Waals surface area contributed by atoms with E-state index in [-0.39, 0.29) is 18.1 Å². The van der Waals surface area contributed by atoms with Crippen LogP contribution in [0.2, 0.25) is 0 Å². The van der Waals surface area contributed by atoms with Crippen LogP contribution in [-0.2, 0) is 11.3 Å². The van der Waals surface area contributed by atoms with Crippen LogP contribution in [0.25, 0.3) is 5.65 Å². The highest BCUT2D eigenvalue weighted by molar-refractivity contribution is 5.90. The molecule has 0 saturated heterocycles. The molecule has 2 heterocycles. The van der Waals surface area contributed by atoms with E-state index in [4.69, 9.17) is 6.42 Å². The third-order valence-corrected chi connectivity index (χ3v) is 3.09. The standard InChI is InChI=1S/C16H12N4O2/c1-2-12-6-5-7-13(10-12)17-15(21)11-20-16(22)19-9-4-3-8-14(19)18-20/h1,3-10H,11H2,(H,17,21). The van der Waals surface area contributed by atoms with Crippen molar-refractivity contribution in [1.82, 2.24) is 14.2 Å². The molecule has 3 aromatic rings. The number of hydrogen-bond acceptors (Lipinski definition) is 3. The van der Waals surface area contributed by atoms with Crippen LogP contribution in [0.1, 0.15) is 5.56 Å². The summed E-state index contributed by atoms with van der Waals surface area (Å²) in [5.41, 5.74) is 1.39. The summed E-state index contributed by atoms with van der Waals surface area (Å²) in [6, 6.07) is 12.1. The zero-order valence-electron chi connectivity index (χ0n) is 11.6. The van der Waals surface area contributed by atoms with Gasteiger partial charge in [-0.25, -0.2) is 9.48 Å². The number of hydrogen-bond donors (Lipinski definition) is 1. The number of amides is 1. The molecule has 0 radical (unpaired) electrons. The number of carbonyl (C=O) groups is 1. The molecular weight excluding hydrogens is 280 g/mol. The Labute approximate surface area is 126 Å². The van der Waals surface area contributed by atoms with Crippen LogP contribution in [0.4, 0.5) is 5.69 Å². The van der Waals surface area contributed by atoms with Gasteiger partial charge in [0.15, 0.2) is 5.65 Å². The lowest BCUT2D eigenvalue weighted by atomic mass is 10.2. The van der Waals surface area contributed by atoms with E-state index in [2.05, 4.69) is 16.3 Å². The maximum atomic E-state index is 12.1. The fourth-order valence-corrected chi connectivity index (χ4v) is 2.09. The summed E-state index contributed by atoms with van der Waals surface area (Å²) >= 11 is 0. The lowest BCUT2D eigenvalue weighted by Gasteiger charge is -2.05. The smallest absolute Gasteiger partial charge is 0.324 e. The number of benzene rings is 1. The van der Waals surface area contributed by atoms with Gasteiger partial charge in [0.2, 0.25) is 5.91 Å². The van der Waals surface area contributed by atoms with Crippen molar-refractivity contribution < 1.29 is 4.79 Å². The van der Waals surface area contributed by atoms with Gasteiger partial charge in [-0.1, -0.05) is 18.1 Å². The normalized spacial score (nSPS) is 10.3. The van der Waals surface area contributed by atoms with Crippen molar-refractivity contribution in [1.29, 1.82) is 0 Å². The minimum atomic E-state index is -0.358. The molecule has 0 atom stereocenters. The second-order valence-corrected chi connectivity index (χ2v) is 4.64. The van der Waals surface area contributed by atoms with Gasteiger partial charge in [0.25, 0.3) is 0 Å². The summed E-state index contributed by atoms with van der Waals surface area (Å²) in [7, 11) is 0. The predicted molar refractivity (Wildman–Crippen MR) is 82.5 cm³/mol. The third kappa shape index (κ3) is 2.60. The van der Waals surface area contributed by atoms with Crippen LogP contribution in [0.3, 0.4) is 0 Å². The van der Waals surface area contributed by atoms with E-state index in [0.717, 1.165) is 4.68 Å². The Hall–Kier alpha value is -3.33. The Morgan fingerprint density at radius 2 is 2.14 bits per heavy atom. The van der Waals surface area contributed by atoms with Crippen LogP contribution < -0.4 is 11.0 Å². The van der Waals surface area contributed by atoms with E-state index < -0.39 is 0 Å². The van der Waals surface area contributed by atoms with E-state index in [9.17, 15) is 9.59 Å². The summed E-state index contributed by atoms with van der Waals surface area (Å²) < 4.78 is 2.50. The topological polar surface area (TPSA) is 68.4 Å². The Morgan fingerprint density at radius 1 is 1.27 bits per heavy atom. The van der Waals surface area contributed by atoms with Crippen LogP contribution in [-0.4, -0.2) is 20.1 Å². The third-order valence-electron chi connectivity index (χ3n) is 3.09. The molecule has 1 amide bonds. The first-order valence-corrected chi connectivity index (χ1v) is 6.58. The molecule has 1 N–H and O–H groups in total. The summed E-state index contributed by atoms with van der Waals surface area (Å²) in [6.07, 6.45) is 6.92. The number of nitrogens with one attached hydrogen (secondary N) is 1. The lowest BCUT2D eigenvalue weighted by Crippen LogP contribution is -2.28. The first-order valence-electron chi connectivity index (χ1n) is 6.58. The van der Waals surface area contributed by atoms with E-state index in [1.54, 1.807) is 48.7 Å². The molecule has 108 valence electrons. The summed E-state index contributed by atoms with van der Waals surface area (Å²) in [5.74, 6) is 2.15. The molecule has 2 aromatic heterocycles. The number of rotatable bonds is 3. The number of terminal acetylenes is 1. The molecule has 0 aliphatic heterocycles. The van der Waals surface area contributed by atoms with Crippen LogP contribution >= 0.6 is 0 Å². The first-order chi connectivity index (χ1) is 10.7. The van der Waals surface area contributed by atoms with Crippen LogP contribution in [0, 0.1) is 12.3 Å². The Balaban J connectivity index is 1.80. The molecule has 3 rings (SSSR count). The molecule has 0 saturated carbocycles. The average molecular weight is 292 g/mol. The average Bonchev–Trinajstić information content (AvgIpc) is 2.84. The fraction of sp³-hybridized carbons (Fsp3) is 0.0625. The van der Waals surface area contributed by atoms with Gasteiger partial charge in [-0.2, -0.15) is 0 Å². The quantitative estimate of drug-likeness (QED) is 0.735. The van der Waals surface area contributed by atoms with Gasteiger partial charge in [-0.15, -0.1) is 11.5 Å². The SMILES string of the molecule is C#Cc1cccc(NC(=O)Cn2nc3ccccn3c2=O)c1. The number of pyridine rings is 1. The van der Waals surface area contributed by atoms with Crippen molar-refractivity contribution in [2.75, 3.05) is 5.32 Å². The Kier molecular flexibility index (Phi) is 3.46. The zero-order chi connectivity index (χ0) is 15.5. The van der Waals surface area contributed by atoms with E-state index >= 15 is 0 Å². The Bertz CT molecular complexity index is 946. The minimum Gasteiger partial charge on any atom is -0.324 e. The van der Waals surface area contributed by atoms with Crippen molar-refractivity contribution in [3.8, 4) is 12.3 Å². The maximum absolute atomic E-state index is 12.1. The highest BCUT2D eigenvalue weighted by Gasteiger charge is 2.10. The van der Waals surface area contributed by atoms with Crippen molar-refractivity contribution in [3.63, 3.8) is 0 Å². The van der Waals surface area contributed by atoms with E-state index in [1.807, 2.05) is 0 Å². The molecule has 0 aliphatic rings. The largest absolute Gasteiger partial charge is 0.350 e. The van der Waals surface area contributed by atoms with E-state index in [1.165, 1.54) is 4.40 Å². The van der Waals surface area contributed by atoms with Crippen molar-refractivity contribution in [2.45, 2.75) is 6.54 Å². The highest BCUT2D eigenvalue weighted by Crippen LogP contribution is 2.09. The monoisotopic (exact) mass is 292 g/mol. The maximum Gasteiger partial charge on any atom is 0.350 e. The molecule has 0 bridgehead atoms. The molecule has 1 aromatic carbocycles. The van der Waals surface area contributed by atoms with Gasteiger partial charge in [0.05, 0.1) is 0 Å². The minimum absolute atomic E-state index is 0.166. The van der Waals surface area contributed by atoms with Crippen LogP contribution in [0.5, 0.6) is 0 Å². The van der Waals surface area contributed by atoms with Crippen molar-refractivity contribution in [2.24, 2.45) is 0 Å². The molecule has 22 heavy (non-hydrogen) atoms. The van der Waals surface area contributed by atoms with Gasteiger partial charge in [-0.3, -0.25) is 9.20 Å². The summed E-state index contributed by atoms with van der Waals surface area (Å²) in [5, 5.41) is 6.79. The second-order valence-electron chi connectivity index (χ2n) is 4.64. The Morgan fingerprint density at radius 3 is 2.91 bits per heavy atom. The molecule has 0 fully saturated rings. The molecule has 0 unspecified atom stereocenters. The molecule has 6 nitrogen and oxygen atoms in total. The summed E-state index contributed by atoms with van der Waals surface area (Å²) in [6.45, 7) is -0.166. The zero-order valence-corrected chi connectivity index (χ0v) is 11.6. The number of aromatic nitrogens is 3. The van der Waals surface area contributed by atoms with Gasteiger partial charge in [-0.05, 0) is 30.3 Å². The lowest BCUT2D eigenvalue weighted by molar-refractivity contribution is -0.117. The molecular formula is C16H12N4O2. The fourth-order valence-electron chi connectivity index (χ4n) is 2.09. The number of carbonyl (C=O) groups excluding carboxylic acids is 1. The van der Waals surface area contributed by atoms with Gasteiger partial charge in [0, 0.05) is 17.4 Å². The van der Waals surface area contributed by atoms with Crippen LogP contribution in [0.15, 0.2) is 53.5 Å². The first kappa shape index (κ1) is 13.6.